The van der Waals surface area contributed by atoms with E-state index in [-0.39, 0.29) is 71.4 Å². The molecule has 0 amide bonds. The summed E-state index contributed by atoms with van der Waals surface area (Å²) in [6, 6.07) is 27.0. The third-order valence-corrected chi connectivity index (χ3v) is 3.89. The number of rotatable bonds is 6. The van der Waals surface area contributed by atoms with Crippen LogP contribution in [0.1, 0.15) is 11.1 Å². The average molecular weight is 546 g/mol. The van der Waals surface area contributed by atoms with E-state index in [9.17, 15) is 14.4 Å². The molecule has 0 aliphatic heterocycles. The number of hydrogen-bond acceptors (Lipinski definition) is 3. The maximum atomic E-state index is 11.6. The molecule has 0 spiro atoms. The largest absolute Gasteiger partial charge is 0.527 e. The molecule has 138 valence electrons. The van der Waals surface area contributed by atoms with E-state index in [2.05, 4.69) is 0 Å². The van der Waals surface area contributed by atoms with Crippen LogP contribution < -0.4 is 4.74 Å². The van der Waals surface area contributed by atoms with Gasteiger partial charge in [-0.25, -0.2) is 4.57 Å². The van der Waals surface area contributed by atoms with Crippen molar-refractivity contribution in [2.45, 2.75) is 0 Å². The Hall–Kier alpha value is -0.642. The molecule has 2 radical (unpaired) electrons. The number of phosphoric ester groups is 1. The summed E-state index contributed by atoms with van der Waals surface area (Å²) in [7, 11) is -4.84. The molecule has 0 saturated heterocycles. The van der Waals surface area contributed by atoms with Gasteiger partial charge in [-0.3, -0.25) is 9.79 Å². The predicted molar refractivity (Wildman–Crippen MR) is 99.1 cm³/mol. The van der Waals surface area contributed by atoms with Crippen LogP contribution in [0.15, 0.2) is 96.9 Å². The minimum absolute atomic E-state index is 0. The first kappa shape index (κ1) is 25.4. The van der Waals surface area contributed by atoms with Crippen molar-refractivity contribution in [3.63, 3.8) is 0 Å². The van der Waals surface area contributed by atoms with Crippen molar-refractivity contribution in [1.82, 2.24) is 0 Å². The normalized spacial score (nSPS) is 10.1. The Kier molecular flexibility index (Phi) is 11.0. The van der Waals surface area contributed by atoms with E-state index in [0.717, 1.165) is 0 Å². The van der Waals surface area contributed by atoms with Gasteiger partial charge >= 0.3 is 13.8 Å². The Morgan fingerprint density at radius 2 is 1.07 bits per heavy atom. The third-order valence-electron chi connectivity index (χ3n) is 3.48. The van der Waals surface area contributed by atoms with Crippen LogP contribution in [0.2, 0.25) is 0 Å². The molecule has 0 saturated carbocycles. The number of ether oxygens (including phenoxy) is 1. The van der Waals surface area contributed by atoms with Crippen LogP contribution in [0.25, 0.3) is 5.57 Å². The Balaban J connectivity index is 0.00000196. The summed E-state index contributed by atoms with van der Waals surface area (Å²) >= 11 is 0. The van der Waals surface area contributed by atoms with Crippen LogP contribution in [-0.4, -0.2) is 9.79 Å². The van der Waals surface area contributed by atoms with Crippen LogP contribution in [0.3, 0.4) is 0 Å². The molecule has 2 N–H and O–H groups in total. The molecule has 3 aromatic carbocycles. The van der Waals surface area contributed by atoms with E-state index >= 15 is 0 Å². The first-order chi connectivity index (χ1) is 12.5. The summed E-state index contributed by atoms with van der Waals surface area (Å²) in [5.41, 5.74) is 1.86. The molecule has 0 heterocycles. The number of benzene rings is 3. The second-order valence-corrected chi connectivity index (χ2v) is 6.56. The second kappa shape index (κ2) is 12.1. The van der Waals surface area contributed by atoms with E-state index in [1.165, 1.54) is 0 Å². The van der Waals surface area contributed by atoms with Crippen LogP contribution in [0.5, 0.6) is 5.75 Å². The van der Waals surface area contributed by atoms with Crippen molar-refractivity contribution in [1.29, 1.82) is 0 Å². The summed E-state index contributed by atoms with van der Waals surface area (Å²) in [4.78, 5) is 18.8. The number of hydrogen-bond donors (Lipinski definition) is 2. The molecule has 0 aliphatic rings. The van der Waals surface area contributed by atoms with Crippen molar-refractivity contribution in [2.24, 2.45) is 0 Å². The zero-order valence-electron chi connectivity index (χ0n) is 14.9. The molecular weight excluding hydrogens is 529 g/mol. The van der Waals surface area contributed by atoms with Gasteiger partial charge in [0.2, 0.25) is 0 Å². The molecule has 0 unspecified atom stereocenters. The van der Waals surface area contributed by atoms with Gasteiger partial charge in [0.15, 0.2) is 0 Å². The summed E-state index contributed by atoms with van der Waals surface area (Å²) in [5.74, 6) is 0.141. The third kappa shape index (κ3) is 7.65. The molecule has 8 heteroatoms. The van der Waals surface area contributed by atoms with Crippen molar-refractivity contribution < 1.29 is 89.0 Å². The smallest absolute Gasteiger partial charge is 0.426 e. The zero-order chi connectivity index (χ0) is 18.4. The average Bonchev–Trinajstić information content (AvgIpc) is 2.63. The summed E-state index contributed by atoms with van der Waals surface area (Å²) in [5, 5.41) is 0. The summed E-state index contributed by atoms with van der Waals surface area (Å²) < 4.78 is 22.2. The molecule has 0 aromatic heterocycles. The zero-order valence-corrected chi connectivity index (χ0v) is 21.5. The van der Waals surface area contributed by atoms with Gasteiger partial charge in [-0.1, -0.05) is 78.9 Å². The maximum Gasteiger partial charge on any atom is 0.527 e. The van der Waals surface area contributed by atoms with E-state index in [1.54, 1.807) is 24.3 Å². The first-order valence-corrected chi connectivity index (χ1v) is 9.39. The Labute approximate surface area is 214 Å². The molecule has 28 heavy (non-hydrogen) atoms. The summed E-state index contributed by atoms with van der Waals surface area (Å²) in [6.07, 6.45) is 0. The first-order valence-electron chi connectivity index (χ1n) is 7.86. The van der Waals surface area contributed by atoms with E-state index in [1.807, 2.05) is 66.7 Å². The topological polar surface area (TPSA) is 76.0 Å². The van der Waals surface area contributed by atoms with E-state index in [0.29, 0.717) is 22.4 Å². The van der Waals surface area contributed by atoms with Gasteiger partial charge in [-0.2, -0.15) is 0 Å². The van der Waals surface area contributed by atoms with Gasteiger partial charge < -0.3 is 9.26 Å². The number of para-hydroxylation sites is 1. The molecule has 0 aliphatic carbocycles. The van der Waals surface area contributed by atoms with Gasteiger partial charge in [-0.05, 0) is 23.3 Å². The minimum atomic E-state index is -4.84. The van der Waals surface area contributed by atoms with Gasteiger partial charge in [0.25, 0.3) is 0 Å². The predicted octanol–water partition coefficient (Wildman–Crippen LogP) is 4.59. The van der Waals surface area contributed by atoms with Crippen LogP contribution >= 0.6 is 7.82 Å². The molecule has 3 rings (SSSR count). The van der Waals surface area contributed by atoms with Crippen molar-refractivity contribution in [3.8, 4) is 5.75 Å². The van der Waals surface area contributed by atoms with Crippen molar-refractivity contribution in [2.75, 3.05) is 0 Å². The number of phosphoric acid groups is 1. The van der Waals surface area contributed by atoms with Crippen LogP contribution in [-0.2, 0) is 74.5 Å². The Morgan fingerprint density at radius 3 is 1.46 bits per heavy atom. The molecule has 3 aromatic rings. The molecule has 5 nitrogen and oxygen atoms in total. The Morgan fingerprint density at radius 1 is 0.679 bits per heavy atom. The fourth-order valence-corrected chi connectivity index (χ4v) is 2.78. The molecular formula is C20H17O5PY2. The SMILES string of the molecule is O=P(O)(O)OC(Oc1ccccc1)=C(c1ccccc1)c1ccccc1.[Y].[Y]. The Bertz CT molecular complexity index is 887. The van der Waals surface area contributed by atoms with Gasteiger partial charge in [0, 0.05) is 65.4 Å². The van der Waals surface area contributed by atoms with E-state index in [4.69, 9.17) is 9.26 Å². The standard InChI is InChI=1S/C20H17O5P.2Y/c21-26(22,23)25-20(24-18-14-8-3-9-15-18)19(16-10-4-1-5-11-16)17-12-6-2-7-13-17;;/h1-15H,(H2,21,22,23);;. The second-order valence-electron chi connectivity index (χ2n) is 5.39. The molecule has 0 fully saturated rings. The van der Waals surface area contributed by atoms with Gasteiger partial charge in [-0.15, -0.1) is 0 Å². The van der Waals surface area contributed by atoms with Crippen molar-refractivity contribution in [3.05, 3.63) is 108 Å². The minimum Gasteiger partial charge on any atom is -0.426 e. The van der Waals surface area contributed by atoms with Crippen LogP contribution in [0, 0.1) is 0 Å². The maximum absolute atomic E-state index is 11.6. The van der Waals surface area contributed by atoms with Crippen molar-refractivity contribution >= 4 is 13.4 Å². The molecule has 0 atom stereocenters. The quantitative estimate of drug-likeness (QED) is 0.350. The van der Waals surface area contributed by atoms with Crippen LogP contribution in [0.4, 0.5) is 0 Å². The monoisotopic (exact) mass is 546 g/mol. The van der Waals surface area contributed by atoms with E-state index < -0.39 is 7.82 Å². The van der Waals surface area contributed by atoms with Gasteiger partial charge in [0.1, 0.15) is 5.75 Å². The molecule has 0 bridgehead atoms. The fourth-order valence-electron chi connectivity index (χ4n) is 2.43. The van der Waals surface area contributed by atoms with Gasteiger partial charge in [0.05, 0.1) is 5.57 Å². The fraction of sp³-hybridized carbons (Fsp3) is 0. The summed E-state index contributed by atoms with van der Waals surface area (Å²) in [6.45, 7) is 0.